The summed E-state index contributed by atoms with van der Waals surface area (Å²) in [5, 5.41) is 3.12. The lowest BCUT2D eigenvalue weighted by Crippen LogP contribution is -2.39. The predicted octanol–water partition coefficient (Wildman–Crippen LogP) is 2.92. The molecule has 1 unspecified atom stereocenters. The molecular weight excluding hydrogens is 266 g/mol. The first-order valence-electron chi connectivity index (χ1n) is 7.44. The maximum Gasteiger partial charge on any atom is 0.307 e. The van der Waals surface area contributed by atoms with Crippen LogP contribution in [0.25, 0.3) is 0 Å². The number of rotatable bonds is 8. The second-order valence-electron chi connectivity index (χ2n) is 5.43. The van der Waals surface area contributed by atoms with Gasteiger partial charge in [-0.2, -0.15) is 0 Å². The fourth-order valence-electron chi connectivity index (χ4n) is 2.06. The number of nitrogens with one attached hydrogen (secondary N) is 1. The van der Waals surface area contributed by atoms with Gasteiger partial charge in [0.1, 0.15) is 0 Å². The summed E-state index contributed by atoms with van der Waals surface area (Å²) in [6, 6.07) is 7.06. The van der Waals surface area contributed by atoms with Crippen LogP contribution in [0.1, 0.15) is 55.5 Å². The number of carbonyl (C=O) groups excluding carboxylic acids is 2. The molecule has 21 heavy (non-hydrogen) atoms. The van der Waals surface area contributed by atoms with E-state index in [-0.39, 0.29) is 18.2 Å². The van der Waals surface area contributed by atoms with Crippen LogP contribution in [0, 0.1) is 0 Å². The second kappa shape index (κ2) is 8.57. The molecule has 0 saturated carbocycles. The highest BCUT2D eigenvalue weighted by Crippen LogP contribution is 2.16. The van der Waals surface area contributed by atoms with E-state index in [2.05, 4.69) is 23.9 Å². The van der Waals surface area contributed by atoms with E-state index in [4.69, 9.17) is 0 Å². The number of ketones is 1. The Labute approximate surface area is 126 Å². The molecule has 116 valence electrons. The molecule has 0 aliphatic carbocycles. The number of esters is 1. The Balaban J connectivity index is 2.85. The minimum atomic E-state index is -0.526. The number of carbonyl (C=O) groups is 2. The largest absolute Gasteiger partial charge is 0.469 e. The van der Waals surface area contributed by atoms with Gasteiger partial charge >= 0.3 is 5.97 Å². The van der Waals surface area contributed by atoms with Gasteiger partial charge in [-0.25, -0.2) is 0 Å². The Morgan fingerprint density at radius 2 is 1.81 bits per heavy atom. The topological polar surface area (TPSA) is 55.4 Å². The molecule has 1 atom stereocenters. The Bertz CT molecular complexity index is 465. The molecular formula is C17H25NO3. The molecule has 0 saturated heterocycles. The molecule has 0 aromatic heterocycles. The molecule has 0 fully saturated rings. The fourth-order valence-corrected chi connectivity index (χ4v) is 2.06. The van der Waals surface area contributed by atoms with Crippen LogP contribution in [0.5, 0.6) is 0 Å². The molecule has 0 radical (unpaired) electrons. The monoisotopic (exact) mass is 291 g/mol. The van der Waals surface area contributed by atoms with E-state index in [1.54, 1.807) is 0 Å². The number of Topliss-reactive ketones (excluding diaryl/α,β-unsaturated/α-hetero) is 1. The zero-order valence-electron chi connectivity index (χ0n) is 13.3. The molecule has 0 bridgehead atoms. The lowest BCUT2D eigenvalue weighted by molar-refractivity contribution is -0.140. The molecule has 0 amide bonds. The van der Waals surface area contributed by atoms with E-state index >= 15 is 0 Å². The summed E-state index contributed by atoms with van der Waals surface area (Å²) in [6.45, 7) is 6.93. The quantitative estimate of drug-likeness (QED) is 0.591. The normalized spacial score (nSPS) is 12.2. The number of hydrogen-bond acceptors (Lipinski definition) is 4. The summed E-state index contributed by atoms with van der Waals surface area (Å²) in [6.07, 6.45) is 0.957. The summed E-state index contributed by atoms with van der Waals surface area (Å²) in [5.41, 5.74) is 1.81. The fraction of sp³-hybridized carbons (Fsp3) is 0.529. The molecule has 1 N–H and O–H groups in total. The first kappa shape index (κ1) is 17.4. The van der Waals surface area contributed by atoms with E-state index in [1.165, 1.54) is 12.7 Å². The highest BCUT2D eigenvalue weighted by atomic mass is 16.5. The maximum absolute atomic E-state index is 12.5. The van der Waals surface area contributed by atoms with Crippen molar-refractivity contribution < 1.29 is 14.3 Å². The van der Waals surface area contributed by atoms with E-state index < -0.39 is 6.04 Å². The first-order valence-corrected chi connectivity index (χ1v) is 7.44. The van der Waals surface area contributed by atoms with Crippen molar-refractivity contribution >= 4 is 11.8 Å². The van der Waals surface area contributed by atoms with Crippen molar-refractivity contribution in [3.63, 3.8) is 0 Å². The van der Waals surface area contributed by atoms with Gasteiger partial charge in [-0.15, -0.1) is 0 Å². The minimum absolute atomic E-state index is 0.0568. The molecule has 0 aliphatic rings. The molecule has 4 nitrogen and oxygen atoms in total. The molecule has 0 spiro atoms. The Kier molecular flexibility index (Phi) is 7.09. The van der Waals surface area contributed by atoms with Crippen molar-refractivity contribution in [2.24, 2.45) is 0 Å². The highest BCUT2D eigenvalue weighted by Gasteiger charge is 2.22. The Morgan fingerprint density at radius 1 is 1.19 bits per heavy atom. The molecule has 1 aromatic rings. The van der Waals surface area contributed by atoms with E-state index in [0.717, 1.165) is 6.42 Å². The smallest absolute Gasteiger partial charge is 0.307 e. The van der Waals surface area contributed by atoms with Crippen LogP contribution in [-0.4, -0.2) is 31.4 Å². The number of methoxy groups -OCH3 is 1. The summed E-state index contributed by atoms with van der Waals surface area (Å²) < 4.78 is 4.67. The van der Waals surface area contributed by atoms with Crippen LogP contribution in [0.15, 0.2) is 24.3 Å². The Morgan fingerprint density at radius 3 is 2.29 bits per heavy atom. The standard InChI is InChI=1S/C17H25NO3/c1-5-10-18-15(11-16(19)21-4)17(20)14-8-6-13(7-9-14)12(2)3/h6-9,12,15,18H,5,10-11H2,1-4H3. The third kappa shape index (κ3) is 5.31. The zero-order valence-corrected chi connectivity index (χ0v) is 13.3. The number of benzene rings is 1. The second-order valence-corrected chi connectivity index (χ2v) is 5.43. The maximum atomic E-state index is 12.5. The van der Waals surface area contributed by atoms with Crippen molar-refractivity contribution in [2.45, 2.75) is 45.6 Å². The van der Waals surface area contributed by atoms with E-state index in [0.29, 0.717) is 18.0 Å². The molecule has 4 heteroatoms. The van der Waals surface area contributed by atoms with Gasteiger partial charge in [0, 0.05) is 5.56 Å². The van der Waals surface area contributed by atoms with Crippen LogP contribution < -0.4 is 5.32 Å². The molecule has 0 aliphatic heterocycles. The summed E-state index contributed by atoms with van der Waals surface area (Å²) >= 11 is 0. The predicted molar refractivity (Wildman–Crippen MR) is 83.6 cm³/mol. The lowest BCUT2D eigenvalue weighted by Gasteiger charge is -2.16. The average Bonchev–Trinajstić information content (AvgIpc) is 2.50. The first-order chi connectivity index (χ1) is 9.99. The van der Waals surface area contributed by atoms with Crippen molar-refractivity contribution in [2.75, 3.05) is 13.7 Å². The lowest BCUT2D eigenvalue weighted by atomic mass is 9.97. The van der Waals surface area contributed by atoms with Crippen molar-refractivity contribution in [1.29, 1.82) is 0 Å². The van der Waals surface area contributed by atoms with Gasteiger partial charge in [0.2, 0.25) is 0 Å². The van der Waals surface area contributed by atoms with Crippen LogP contribution in [0.2, 0.25) is 0 Å². The van der Waals surface area contributed by atoms with Gasteiger partial charge in [0.15, 0.2) is 5.78 Å². The molecule has 0 heterocycles. The van der Waals surface area contributed by atoms with Crippen LogP contribution in [0.4, 0.5) is 0 Å². The number of hydrogen-bond donors (Lipinski definition) is 1. The van der Waals surface area contributed by atoms with Crippen molar-refractivity contribution in [1.82, 2.24) is 5.32 Å². The van der Waals surface area contributed by atoms with Gasteiger partial charge in [-0.3, -0.25) is 9.59 Å². The van der Waals surface area contributed by atoms with Crippen LogP contribution in [-0.2, 0) is 9.53 Å². The van der Waals surface area contributed by atoms with Gasteiger partial charge in [0.05, 0.1) is 19.6 Å². The van der Waals surface area contributed by atoms with Gasteiger partial charge in [-0.1, -0.05) is 45.0 Å². The number of ether oxygens (including phenoxy) is 1. The summed E-state index contributed by atoms with van der Waals surface area (Å²) in [7, 11) is 1.33. The SMILES string of the molecule is CCCNC(CC(=O)OC)C(=O)c1ccc(C(C)C)cc1. The van der Waals surface area contributed by atoms with Crippen molar-refractivity contribution in [3.8, 4) is 0 Å². The van der Waals surface area contributed by atoms with Crippen LogP contribution >= 0.6 is 0 Å². The van der Waals surface area contributed by atoms with Gasteiger partial charge in [-0.05, 0) is 24.4 Å². The summed E-state index contributed by atoms with van der Waals surface area (Å²) in [5.74, 6) is -0.0156. The third-order valence-electron chi connectivity index (χ3n) is 3.42. The van der Waals surface area contributed by atoms with Crippen molar-refractivity contribution in [3.05, 3.63) is 35.4 Å². The molecule has 1 aromatic carbocycles. The van der Waals surface area contributed by atoms with Gasteiger partial charge < -0.3 is 10.1 Å². The summed E-state index contributed by atoms with van der Waals surface area (Å²) in [4.78, 5) is 24.0. The zero-order chi connectivity index (χ0) is 15.8. The highest BCUT2D eigenvalue weighted by molar-refractivity contribution is 6.01. The van der Waals surface area contributed by atoms with Crippen LogP contribution in [0.3, 0.4) is 0 Å². The third-order valence-corrected chi connectivity index (χ3v) is 3.42. The van der Waals surface area contributed by atoms with E-state index in [9.17, 15) is 9.59 Å². The van der Waals surface area contributed by atoms with Gasteiger partial charge in [0.25, 0.3) is 0 Å². The van der Waals surface area contributed by atoms with E-state index in [1.807, 2.05) is 31.2 Å². The molecule has 1 rings (SSSR count). The minimum Gasteiger partial charge on any atom is -0.469 e. The average molecular weight is 291 g/mol. The Hall–Kier alpha value is -1.68.